The van der Waals surface area contributed by atoms with Crippen molar-refractivity contribution in [1.82, 2.24) is 0 Å². The molecule has 6 atom stereocenters. The Morgan fingerprint density at radius 1 is 1.05 bits per heavy atom. The zero-order valence-corrected chi connectivity index (χ0v) is 10.7. The number of anilines is 1. The van der Waals surface area contributed by atoms with Gasteiger partial charge in [-0.05, 0) is 31.0 Å². The highest BCUT2D eigenvalue weighted by atomic mass is 15.6. The van der Waals surface area contributed by atoms with Crippen LogP contribution in [0.25, 0.3) is 0 Å². The molecule has 1 aromatic rings. The predicted octanol–water partition coefficient (Wildman–Crippen LogP) is 2.77. The van der Waals surface area contributed by atoms with Crippen LogP contribution in [0.1, 0.15) is 12.0 Å². The van der Waals surface area contributed by atoms with Crippen molar-refractivity contribution in [1.29, 1.82) is 0 Å². The topological polar surface area (TPSA) is 52.7 Å². The largest absolute Gasteiger partial charge is 0.242 e. The van der Waals surface area contributed by atoms with Gasteiger partial charge in [0.05, 0.1) is 11.7 Å². The predicted molar refractivity (Wildman–Crippen MR) is 70.1 cm³/mol. The zero-order chi connectivity index (χ0) is 12.6. The Balaban J connectivity index is 1.54. The SMILES string of the molecule is Cc1cccc(N2N=N[C@H]3[C@H]4C[C@H]([C@@H]5N=N[C@H]45)[C@H]32)c1. The molecule has 96 valence electrons. The number of fused-ring (bicyclic) bond motifs is 8. The summed E-state index contributed by atoms with van der Waals surface area (Å²) in [6.45, 7) is 2.12. The van der Waals surface area contributed by atoms with E-state index in [0.717, 1.165) is 5.69 Å². The summed E-state index contributed by atoms with van der Waals surface area (Å²) in [5.74, 6) is 1.17. The third-order valence-corrected chi connectivity index (χ3v) is 5.16. The van der Waals surface area contributed by atoms with E-state index in [2.05, 4.69) is 56.8 Å². The molecule has 5 heteroatoms. The van der Waals surface area contributed by atoms with Gasteiger partial charge in [-0.25, -0.2) is 5.01 Å². The fourth-order valence-electron chi connectivity index (χ4n) is 4.33. The lowest BCUT2D eigenvalue weighted by Gasteiger charge is -2.38. The first-order chi connectivity index (χ1) is 9.33. The molecule has 0 unspecified atom stereocenters. The first-order valence-corrected chi connectivity index (χ1v) is 6.99. The average molecular weight is 253 g/mol. The molecule has 2 heterocycles. The van der Waals surface area contributed by atoms with Crippen molar-refractivity contribution in [2.75, 3.05) is 5.01 Å². The van der Waals surface area contributed by atoms with E-state index >= 15 is 0 Å². The highest BCUT2D eigenvalue weighted by Crippen LogP contribution is 2.56. The van der Waals surface area contributed by atoms with Gasteiger partial charge in [0, 0.05) is 11.8 Å². The highest BCUT2D eigenvalue weighted by molar-refractivity contribution is 5.51. The lowest BCUT2D eigenvalue weighted by atomic mass is 9.82. The van der Waals surface area contributed by atoms with Gasteiger partial charge in [0.25, 0.3) is 0 Å². The molecule has 2 fully saturated rings. The maximum Gasteiger partial charge on any atom is 0.101 e. The van der Waals surface area contributed by atoms with Crippen LogP contribution in [0, 0.1) is 18.8 Å². The molecule has 19 heavy (non-hydrogen) atoms. The summed E-state index contributed by atoms with van der Waals surface area (Å²) < 4.78 is 0. The molecule has 0 N–H and O–H groups in total. The Labute approximate surface area is 111 Å². The summed E-state index contributed by atoms with van der Waals surface area (Å²) in [5.41, 5.74) is 2.43. The maximum atomic E-state index is 4.54. The van der Waals surface area contributed by atoms with E-state index in [0.29, 0.717) is 36.0 Å². The molecule has 5 nitrogen and oxygen atoms in total. The second-order valence-electron chi connectivity index (χ2n) is 6.15. The van der Waals surface area contributed by atoms with Crippen molar-refractivity contribution in [3.63, 3.8) is 0 Å². The van der Waals surface area contributed by atoms with Crippen molar-refractivity contribution in [2.45, 2.75) is 37.5 Å². The molecule has 2 aliphatic carbocycles. The Hall–Kier alpha value is -1.78. The van der Waals surface area contributed by atoms with Crippen LogP contribution in [0.15, 0.2) is 44.8 Å². The normalized spacial score (nSPS) is 44.4. The second-order valence-corrected chi connectivity index (χ2v) is 6.15. The fourth-order valence-corrected chi connectivity index (χ4v) is 4.33. The van der Waals surface area contributed by atoms with E-state index in [9.17, 15) is 0 Å². The minimum atomic E-state index is 0.339. The lowest BCUT2D eigenvalue weighted by Crippen LogP contribution is -2.52. The third-order valence-electron chi connectivity index (χ3n) is 5.16. The summed E-state index contributed by atoms with van der Waals surface area (Å²) in [6.07, 6.45) is 1.22. The summed E-state index contributed by atoms with van der Waals surface area (Å²) in [7, 11) is 0. The van der Waals surface area contributed by atoms with Gasteiger partial charge in [-0.1, -0.05) is 17.4 Å². The van der Waals surface area contributed by atoms with E-state index in [1.807, 2.05) is 0 Å². The molecule has 1 aromatic carbocycles. The molecule has 5 rings (SSSR count). The van der Waals surface area contributed by atoms with Gasteiger partial charge < -0.3 is 0 Å². The summed E-state index contributed by atoms with van der Waals surface area (Å²) in [5, 5.41) is 19.7. The van der Waals surface area contributed by atoms with Crippen molar-refractivity contribution in [3.8, 4) is 0 Å². The Bertz CT molecular complexity index is 610. The first-order valence-electron chi connectivity index (χ1n) is 6.99. The van der Waals surface area contributed by atoms with Gasteiger partial charge in [0.1, 0.15) is 18.1 Å². The molecule has 0 radical (unpaired) electrons. The lowest BCUT2D eigenvalue weighted by molar-refractivity contribution is 0.242. The molecule has 2 aliphatic heterocycles. The number of rotatable bonds is 1. The van der Waals surface area contributed by atoms with Crippen LogP contribution in [-0.4, -0.2) is 24.2 Å². The third kappa shape index (κ3) is 1.12. The van der Waals surface area contributed by atoms with Crippen molar-refractivity contribution in [3.05, 3.63) is 29.8 Å². The van der Waals surface area contributed by atoms with Gasteiger partial charge in [0.15, 0.2) is 0 Å². The number of azo groups is 1. The molecular formula is C14H15N5. The first kappa shape index (κ1) is 10.1. The molecule has 2 bridgehead atoms. The minimum absolute atomic E-state index is 0.339. The summed E-state index contributed by atoms with van der Waals surface area (Å²) in [6, 6.07) is 10.2. The van der Waals surface area contributed by atoms with E-state index in [1.54, 1.807) is 0 Å². The summed E-state index contributed by atoms with van der Waals surface area (Å²) in [4.78, 5) is 0. The van der Waals surface area contributed by atoms with Crippen LogP contribution in [0.2, 0.25) is 0 Å². The van der Waals surface area contributed by atoms with Gasteiger partial charge in [-0.15, -0.1) is 0 Å². The van der Waals surface area contributed by atoms with E-state index in [1.165, 1.54) is 12.0 Å². The van der Waals surface area contributed by atoms with Gasteiger partial charge in [-0.3, -0.25) is 0 Å². The average Bonchev–Trinajstić information content (AvgIpc) is 2.96. The second kappa shape index (κ2) is 3.21. The van der Waals surface area contributed by atoms with Crippen LogP contribution in [-0.2, 0) is 0 Å². The van der Waals surface area contributed by atoms with Gasteiger partial charge >= 0.3 is 0 Å². The van der Waals surface area contributed by atoms with Gasteiger partial charge in [-0.2, -0.15) is 15.3 Å². The van der Waals surface area contributed by atoms with Crippen molar-refractivity contribution < 1.29 is 0 Å². The van der Waals surface area contributed by atoms with E-state index < -0.39 is 0 Å². The highest BCUT2D eigenvalue weighted by Gasteiger charge is 2.65. The van der Waals surface area contributed by atoms with Crippen LogP contribution >= 0.6 is 0 Å². The Morgan fingerprint density at radius 3 is 2.68 bits per heavy atom. The number of aryl methyl sites for hydroxylation is 1. The van der Waals surface area contributed by atoms with Crippen LogP contribution in [0.4, 0.5) is 5.69 Å². The molecule has 2 saturated carbocycles. The van der Waals surface area contributed by atoms with Crippen LogP contribution < -0.4 is 5.01 Å². The van der Waals surface area contributed by atoms with Crippen molar-refractivity contribution >= 4 is 5.69 Å². The summed E-state index contributed by atoms with van der Waals surface area (Å²) >= 11 is 0. The molecular weight excluding hydrogens is 238 g/mol. The van der Waals surface area contributed by atoms with E-state index in [-0.39, 0.29) is 0 Å². The number of benzene rings is 1. The molecule has 0 spiro atoms. The van der Waals surface area contributed by atoms with Gasteiger partial charge in [0.2, 0.25) is 0 Å². The minimum Gasteiger partial charge on any atom is -0.242 e. The Kier molecular flexibility index (Phi) is 1.70. The van der Waals surface area contributed by atoms with Crippen LogP contribution in [0.3, 0.4) is 0 Å². The number of nitrogens with zero attached hydrogens (tertiary/aromatic N) is 5. The zero-order valence-electron chi connectivity index (χ0n) is 10.7. The van der Waals surface area contributed by atoms with Crippen LogP contribution in [0.5, 0.6) is 0 Å². The number of hydrogen-bond donors (Lipinski definition) is 0. The Morgan fingerprint density at radius 2 is 1.89 bits per heavy atom. The van der Waals surface area contributed by atoms with Crippen molar-refractivity contribution in [2.24, 2.45) is 32.4 Å². The maximum absolute atomic E-state index is 4.54. The monoisotopic (exact) mass is 253 g/mol. The molecule has 0 amide bonds. The molecule has 0 aromatic heterocycles. The number of hydrogen-bond acceptors (Lipinski definition) is 5. The molecule has 4 aliphatic rings. The van der Waals surface area contributed by atoms with E-state index in [4.69, 9.17) is 0 Å². The molecule has 0 saturated heterocycles. The smallest absolute Gasteiger partial charge is 0.101 e. The quantitative estimate of drug-likeness (QED) is 0.759. The fraction of sp³-hybridized carbons (Fsp3) is 0.571. The standard InChI is InChI=1S/C14H15N5/c1-7-3-2-4-8(5-7)19-14-10-6-9(13(14)17-18-19)11-12(10)16-15-11/h2-5,9-14H,6H2,1H3/t9-,10+,11+,12-,13-,14+/m0/s1.